The highest BCUT2D eigenvalue weighted by Gasteiger charge is 2.20. The van der Waals surface area contributed by atoms with Crippen molar-refractivity contribution >= 4 is 23.3 Å². The molecule has 2 heterocycles. The van der Waals surface area contributed by atoms with Gasteiger partial charge < -0.3 is 21.3 Å². The molecule has 5 N–H and O–H groups in total. The zero-order valence-corrected chi connectivity index (χ0v) is 23.1. The Morgan fingerprint density at radius 3 is 2.16 bits per heavy atom. The molecule has 2 fully saturated rings. The predicted octanol–water partition coefficient (Wildman–Crippen LogP) is 5.66. The van der Waals surface area contributed by atoms with E-state index in [2.05, 4.69) is 39.1 Å². The first-order chi connectivity index (χ1) is 17.7. The molecule has 1 atom stereocenters. The largest absolute Gasteiger partial charge is 0.393 e. The summed E-state index contributed by atoms with van der Waals surface area (Å²) in [7, 11) is 0. The van der Waals surface area contributed by atoms with Gasteiger partial charge in [0, 0.05) is 42.3 Å². The highest BCUT2D eigenvalue weighted by atomic mass is 35.5. The number of aliphatic hydroxyl groups is 2. The normalized spacial score (nSPS) is 24.0. The van der Waals surface area contributed by atoms with Crippen LogP contribution in [0.2, 0.25) is 5.28 Å². The van der Waals surface area contributed by atoms with Gasteiger partial charge in [-0.25, -0.2) is 19.9 Å². The number of carbonyl (C=O) groups is 1. The van der Waals surface area contributed by atoms with Crippen molar-refractivity contribution < 1.29 is 20.7 Å². The van der Waals surface area contributed by atoms with Crippen LogP contribution in [0.3, 0.4) is 0 Å². The van der Waals surface area contributed by atoms with Gasteiger partial charge >= 0.3 is 0 Å². The van der Waals surface area contributed by atoms with Crippen molar-refractivity contribution in [3.8, 4) is 0 Å². The minimum Gasteiger partial charge on any atom is -0.393 e. The summed E-state index contributed by atoms with van der Waals surface area (Å²) in [6.07, 6.45) is 11.9. The van der Waals surface area contributed by atoms with E-state index in [1.54, 1.807) is 18.5 Å². The lowest BCUT2D eigenvalue weighted by Crippen LogP contribution is -2.29. The molecule has 2 aromatic rings. The van der Waals surface area contributed by atoms with Crippen LogP contribution in [0.25, 0.3) is 0 Å². The van der Waals surface area contributed by atoms with Crippen LogP contribution >= 0.6 is 11.6 Å². The number of halogens is 1. The van der Waals surface area contributed by atoms with E-state index in [-0.39, 0.29) is 23.7 Å². The number of rotatable bonds is 6. The zero-order chi connectivity index (χ0) is 27.2. The molecular weight excluding hydrogens is 492 g/mol. The molecule has 0 aliphatic heterocycles. The number of carbonyl (C=O) groups excluding carboxylic acids is 1. The topological polar surface area (TPSA) is 147 Å². The van der Waals surface area contributed by atoms with Gasteiger partial charge in [0.05, 0.1) is 12.2 Å². The Bertz CT molecular complexity index is 943. The summed E-state index contributed by atoms with van der Waals surface area (Å²) in [5.41, 5.74) is 7.07. The first-order valence-electron chi connectivity index (χ1n) is 13.4. The first-order valence-corrected chi connectivity index (χ1v) is 13.8. The Balaban J connectivity index is -0.000000545. The molecule has 0 spiro atoms. The lowest BCUT2D eigenvalue weighted by Gasteiger charge is -2.26. The smallest absolute Gasteiger partial charge is 0.223 e. The van der Waals surface area contributed by atoms with E-state index in [1.807, 2.05) is 13.0 Å². The summed E-state index contributed by atoms with van der Waals surface area (Å²) in [6, 6.07) is 4.19. The van der Waals surface area contributed by atoms with E-state index in [1.165, 1.54) is 0 Å². The number of aliphatic hydroxyl groups excluding tert-OH is 2. The lowest BCUT2D eigenvalue weighted by molar-refractivity contribution is 0.0983. The van der Waals surface area contributed by atoms with Gasteiger partial charge in [0.25, 0.3) is 0 Å². The summed E-state index contributed by atoms with van der Waals surface area (Å²) in [5.74, 6) is 1.01. The predicted molar refractivity (Wildman–Crippen MR) is 155 cm³/mol. The molecule has 0 radical (unpaired) electrons. The Hall–Kier alpha value is -2.20. The van der Waals surface area contributed by atoms with E-state index in [9.17, 15) is 9.90 Å². The average Bonchev–Trinajstić information content (AvgIpc) is 2.91. The Morgan fingerprint density at radius 1 is 1.03 bits per heavy atom. The van der Waals surface area contributed by atoms with Crippen molar-refractivity contribution in [3.05, 3.63) is 41.2 Å². The van der Waals surface area contributed by atoms with Crippen molar-refractivity contribution in [2.75, 3.05) is 5.32 Å². The molecule has 0 amide bonds. The Kier molecular flexibility index (Phi) is 13.9. The van der Waals surface area contributed by atoms with E-state index >= 15 is 0 Å². The van der Waals surface area contributed by atoms with Gasteiger partial charge in [-0.1, -0.05) is 20.8 Å². The Labute approximate surface area is 231 Å². The summed E-state index contributed by atoms with van der Waals surface area (Å²) in [5, 5.41) is 22.0. The summed E-state index contributed by atoms with van der Waals surface area (Å²) in [4.78, 5) is 27.8. The van der Waals surface area contributed by atoms with Gasteiger partial charge in [0.15, 0.2) is 5.78 Å². The summed E-state index contributed by atoms with van der Waals surface area (Å²) < 4.78 is 0. The lowest BCUT2D eigenvalue weighted by atomic mass is 9.93. The minimum atomic E-state index is -0.169. The third kappa shape index (κ3) is 11.8. The van der Waals surface area contributed by atoms with Crippen molar-refractivity contribution in [1.82, 2.24) is 19.9 Å². The van der Waals surface area contributed by atoms with Crippen molar-refractivity contribution in [2.45, 2.75) is 115 Å². The van der Waals surface area contributed by atoms with Crippen LogP contribution in [0, 0.1) is 0 Å². The number of hydrogen-bond acceptors (Lipinski definition) is 9. The fraction of sp³-hybridized carbons (Fsp3) is 0.667. The number of nitrogens with one attached hydrogen (secondary N) is 1. The van der Waals surface area contributed by atoms with Crippen LogP contribution in [0.15, 0.2) is 24.5 Å². The van der Waals surface area contributed by atoms with E-state index in [0.29, 0.717) is 41.3 Å². The number of aromatic nitrogens is 4. The van der Waals surface area contributed by atoms with Gasteiger partial charge in [-0.15, -0.1) is 0 Å². The number of hydrogen-bond donors (Lipinski definition) is 4. The van der Waals surface area contributed by atoms with Crippen LogP contribution in [-0.4, -0.2) is 60.2 Å². The van der Waals surface area contributed by atoms with E-state index < -0.39 is 0 Å². The second kappa shape index (κ2) is 16.6. The molecule has 0 bridgehead atoms. The highest BCUT2D eigenvalue weighted by molar-refractivity contribution is 6.28. The summed E-state index contributed by atoms with van der Waals surface area (Å²) >= 11 is 5.62. The SMILES string of the molecule is CCC(=O)c1ccnc(NC2CCC(O)CC2)n1.CCC(C)c1ccnc(Cl)n1.NC1CCC(O)CC1.[HH].[HH].[HH].[HH]. The van der Waals surface area contributed by atoms with Crippen molar-refractivity contribution in [3.63, 3.8) is 0 Å². The molecule has 2 aromatic heterocycles. The van der Waals surface area contributed by atoms with E-state index in [4.69, 9.17) is 22.4 Å². The molecule has 37 heavy (non-hydrogen) atoms. The molecule has 0 aromatic carbocycles. The summed E-state index contributed by atoms with van der Waals surface area (Å²) in [6.45, 7) is 6.07. The van der Waals surface area contributed by atoms with Crippen LogP contribution in [0.5, 0.6) is 0 Å². The van der Waals surface area contributed by atoms with Gasteiger partial charge in [0.2, 0.25) is 11.2 Å². The van der Waals surface area contributed by atoms with Gasteiger partial charge in [0.1, 0.15) is 5.69 Å². The Morgan fingerprint density at radius 2 is 1.62 bits per heavy atom. The van der Waals surface area contributed by atoms with Crippen LogP contribution in [0.4, 0.5) is 5.95 Å². The minimum absolute atomic E-state index is 0. The molecule has 2 saturated carbocycles. The number of anilines is 1. The third-order valence-electron chi connectivity index (χ3n) is 6.80. The number of nitrogens with zero attached hydrogens (tertiary/aromatic N) is 4. The zero-order valence-electron chi connectivity index (χ0n) is 22.3. The second-order valence-electron chi connectivity index (χ2n) is 9.82. The highest BCUT2D eigenvalue weighted by Crippen LogP contribution is 2.21. The second-order valence-corrected chi connectivity index (χ2v) is 10.2. The molecule has 2 aliphatic carbocycles. The van der Waals surface area contributed by atoms with Gasteiger partial charge in [-0.3, -0.25) is 4.79 Å². The van der Waals surface area contributed by atoms with Crippen LogP contribution < -0.4 is 11.1 Å². The number of ketones is 1. The maximum Gasteiger partial charge on any atom is 0.223 e. The molecule has 214 valence electrons. The van der Waals surface area contributed by atoms with Gasteiger partial charge in [-0.2, -0.15) is 0 Å². The maximum absolute atomic E-state index is 11.5. The average molecular weight is 543 g/mol. The molecular formula is C27H51ClN6O3. The monoisotopic (exact) mass is 542 g/mol. The van der Waals surface area contributed by atoms with Crippen molar-refractivity contribution in [2.24, 2.45) is 5.73 Å². The van der Waals surface area contributed by atoms with Crippen LogP contribution in [0.1, 0.15) is 113 Å². The molecule has 2 aliphatic rings. The fourth-order valence-electron chi connectivity index (χ4n) is 4.10. The maximum atomic E-state index is 11.5. The molecule has 9 nitrogen and oxygen atoms in total. The molecule has 0 saturated heterocycles. The van der Waals surface area contributed by atoms with E-state index in [0.717, 1.165) is 63.5 Å². The van der Waals surface area contributed by atoms with Crippen LogP contribution in [-0.2, 0) is 0 Å². The number of nitrogens with two attached hydrogens (primary N) is 1. The standard InChI is InChI=1S/C13H19N3O2.C8H11ClN2.C6H13NO.4H2/c1-2-12(18)11-7-8-14-13(16-11)15-9-3-5-10(17)6-4-9;1-3-6(2)7-4-5-10-8(9)11-7;7-5-1-3-6(8)4-2-5;;;;/h7-10,17H,2-6H2,1H3,(H,14,15,16);4-6H,3H2,1-2H3;5-6,8H,1-4,7H2;4*1H. The molecule has 1 unspecified atom stereocenters. The fourth-order valence-corrected chi connectivity index (χ4v) is 4.25. The van der Waals surface area contributed by atoms with Gasteiger partial charge in [-0.05, 0) is 87.4 Å². The molecule has 10 heteroatoms. The first kappa shape index (κ1) is 31.0. The quantitative estimate of drug-likeness (QED) is 0.268. The van der Waals surface area contributed by atoms with Crippen molar-refractivity contribution in [1.29, 1.82) is 0 Å². The number of Topliss-reactive ketones (excluding diaryl/α,β-unsaturated/α-hetero) is 1. The molecule has 4 rings (SSSR count). The third-order valence-corrected chi connectivity index (χ3v) is 6.98.